The zero-order chi connectivity index (χ0) is 21.1. The van der Waals surface area contributed by atoms with Crippen molar-refractivity contribution in [2.24, 2.45) is 5.92 Å². The lowest BCUT2D eigenvalue weighted by Crippen LogP contribution is -2.42. The molecule has 0 aliphatic carbocycles. The Bertz CT molecular complexity index is 985. The van der Waals surface area contributed by atoms with Gasteiger partial charge in [0.25, 0.3) is 0 Å². The Morgan fingerprint density at radius 1 is 0.967 bits per heavy atom. The van der Waals surface area contributed by atoms with E-state index in [2.05, 4.69) is 10.9 Å². The predicted molar refractivity (Wildman–Crippen MR) is 110 cm³/mol. The van der Waals surface area contributed by atoms with Crippen molar-refractivity contribution in [3.63, 3.8) is 0 Å². The average Bonchev–Trinajstić information content (AvgIpc) is 3.11. The van der Waals surface area contributed by atoms with Crippen molar-refractivity contribution in [3.05, 3.63) is 66.0 Å². The number of carbonyl (C=O) groups is 1. The topological polar surface area (TPSA) is 81.8 Å². The summed E-state index contributed by atoms with van der Waals surface area (Å²) < 4.78 is 40.3. The second-order valence-corrected chi connectivity index (χ2v) is 9.49. The molecule has 0 saturated carbocycles. The lowest BCUT2D eigenvalue weighted by Gasteiger charge is -2.27. The van der Waals surface area contributed by atoms with Crippen LogP contribution in [0, 0.1) is 11.7 Å². The maximum Gasteiger partial charge on any atom is 0.243 e. The van der Waals surface area contributed by atoms with Crippen molar-refractivity contribution >= 4 is 15.9 Å². The normalized spacial score (nSPS) is 23.3. The summed E-state index contributed by atoms with van der Waals surface area (Å²) in [5.41, 5.74) is 7.30. The number of carbonyl (C=O) groups excluding carboxylic acids is 1. The molecule has 2 fully saturated rings. The van der Waals surface area contributed by atoms with Crippen LogP contribution in [0.25, 0.3) is 0 Å². The molecule has 0 bridgehead atoms. The zero-order valence-electron chi connectivity index (χ0n) is 16.5. The van der Waals surface area contributed by atoms with Crippen LogP contribution in [0.2, 0.25) is 0 Å². The highest BCUT2D eigenvalue weighted by Crippen LogP contribution is 2.27. The molecule has 160 valence electrons. The quantitative estimate of drug-likeness (QED) is 0.766. The van der Waals surface area contributed by atoms with Crippen LogP contribution in [0.5, 0.6) is 0 Å². The van der Waals surface area contributed by atoms with Gasteiger partial charge in [0.2, 0.25) is 15.9 Å². The predicted octanol–water partition coefficient (Wildman–Crippen LogP) is 1.51. The Kier molecular flexibility index (Phi) is 6.14. The molecule has 0 spiro atoms. The summed E-state index contributed by atoms with van der Waals surface area (Å²) >= 11 is 0. The fourth-order valence-corrected chi connectivity index (χ4v) is 5.52. The molecule has 2 saturated heterocycles. The summed E-state index contributed by atoms with van der Waals surface area (Å²) in [5.74, 6) is -0.719. The van der Waals surface area contributed by atoms with Gasteiger partial charge in [-0.2, -0.15) is 4.31 Å². The van der Waals surface area contributed by atoms with Crippen LogP contribution in [0.3, 0.4) is 0 Å². The number of hydrogen-bond acceptors (Lipinski definition) is 5. The Morgan fingerprint density at radius 2 is 1.70 bits per heavy atom. The molecule has 4 rings (SSSR count). The summed E-state index contributed by atoms with van der Waals surface area (Å²) in [6, 6.07) is 14.5. The van der Waals surface area contributed by atoms with Gasteiger partial charge in [-0.3, -0.25) is 10.2 Å². The largest absolute Gasteiger partial charge is 0.341 e. The fourth-order valence-electron chi connectivity index (χ4n) is 4.05. The molecular weight excluding hydrogens is 407 g/mol. The Morgan fingerprint density at radius 3 is 2.43 bits per heavy atom. The first-order valence-electron chi connectivity index (χ1n) is 10.0. The van der Waals surface area contributed by atoms with Gasteiger partial charge in [-0.05, 0) is 36.2 Å². The molecule has 2 heterocycles. The molecule has 0 radical (unpaired) electrons. The minimum atomic E-state index is -3.72. The van der Waals surface area contributed by atoms with Crippen LogP contribution in [-0.2, 0) is 14.8 Å². The number of rotatable bonds is 4. The van der Waals surface area contributed by atoms with Crippen LogP contribution in [0.15, 0.2) is 59.5 Å². The van der Waals surface area contributed by atoms with Crippen LogP contribution in [0.4, 0.5) is 4.39 Å². The molecule has 2 aliphatic heterocycles. The summed E-state index contributed by atoms with van der Waals surface area (Å²) in [7, 11) is -3.72. The SMILES string of the molecule is O=C(C1CNNC1c1ccccc1)N1CCCN(S(=O)(=O)c2ccc(F)cc2)CC1. The molecule has 9 heteroatoms. The maximum atomic E-state index is 13.2. The van der Waals surface area contributed by atoms with Crippen molar-refractivity contribution in [3.8, 4) is 0 Å². The molecule has 2 aromatic carbocycles. The Hall–Kier alpha value is -2.33. The summed E-state index contributed by atoms with van der Waals surface area (Å²) in [4.78, 5) is 15.1. The van der Waals surface area contributed by atoms with Gasteiger partial charge < -0.3 is 4.90 Å². The molecule has 0 aromatic heterocycles. The molecule has 30 heavy (non-hydrogen) atoms. The summed E-state index contributed by atoms with van der Waals surface area (Å²) in [6.07, 6.45) is 0.551. The van der Waals surface area contributed by atoms with E-state index in [1.54, 1.807) is 4.90 Å². The molecule has 1 amide bonds. The molecule has 2 aliphatic rings. The Labute approximate surface area is 175 Å². The number of hydrogen-bond donors (Lipinski definition) is 2. The van der Waals surface area contributed by atoms with Gasteiger partial charge in [-0.1, -0.05) is 30.3 Å². The number of amides is 1. The Balaban J connectivity index is 1.45. The van der Waals surface area contributed by atoms with Crippen molar-refractivity contribution in [2.45, 2.75) is 17.4 Å². The third kappa shape index (κ3) is 4.24. The molecule has 2 aromatic rings. The van der Waals surface area contributed by atoms with Gasteiger partial charge in [-0.15, -0.1) is 0 Å². The van der Waals surface area contributed by atoms with Gasteiger partial charge in [0, 0.05) is 32.7 Å². The summed E-state index contributed by atoms with van der Waals surface area (Å²) in [5, 5.41) is 0. The maximum absolute atomic E-state index is 13.2. The van der Waals surface area contributed by atoms with E-state index in [4.69, 9.17) is 0 Å². The van der Waals surface area contributed by atoms with Crippen LogP contribution in [-0.4, -0.2) is 56.3 Å². The highest BCUT2D eigenvalue weighted by molar-refractivity contribution is 7.89. The smallest absolute Gasteiger partial charge is 0.243 e. The standard InChI is InChI=1S/C21H25FN4O3S/c22-17-7-9-18(10-8-17)30(28,29)26-12-4-11-25(13-14-26)21(27)19-15-23-24-20(19)16-5-2-1-3-6-16/h1-3,5-10,19-20,23-24H,4,11-15H2. The fraction of sp³-hybridized carbons (Fsp3) is 0.381. The van der Waals surface area contributed by atoms with Gasteiger partial charge in [0.15, 0.2) is 0 Å². The highest BCUT2D eigenvalue weighted by Gasteiger charge is 2.37. The highest BCUT2D eigenvalue weighted by atomic mass is 32.2. The molecule has 2 atom stereocenters. The van der Waals surface area contributed by atoms with E-state index < -0.39 is 15.8 Å². The number of hydrazine groups is 1. The number of halogens is 1. The van der Waals surface area contributed by atoms with E-state index in [1.165, 1.54) is 16.4 Å². The number of sulfonamides is 1. The van der Waals surface area contributed by atoms with E-state index in [9.17, 15) is 17.6 Å². The third-order valence-corrected chi connectivity index (χ3v) is 7.59. The molecule has 2 N–H and O–H groups in total. The van der Waals surface area contributed by atoms with E-state index in [-0.39, 0.29) is 29.3 Å². The van der Waals surface area contributed by atoms with E-state index in [0.717, 1.165) is 17.7 Å². The second kappa shape index (κ2) is 8.81. The number of nitrogens with zero attached hydrogens (tertiary/aromatic N) is 2. The minimum absolute atomic E-state index is 0.0161. The minimum Gasteiger partial charge on any atom is -0.341 e. The first-order chi connectivity index (χ1) is 14.5. The van der Waals surface area contributed by atoms with Crippen molar-refractivity contribution in [1.29, 1.82) is 0 Å². The number of benzene rings is 2. The van der Waals surface area contributed by atoms with Gasteiger partial charge >= 0.3 is 0 Å². The van der Waals surface area contributed by atoms with Crippen molar-refractivity contribution in [1.82, 2.24) is 20.1 Å². The molecule has 7 nitrogen and oxygen atoms in total. The van der Waals surface area contributed by atoms with Gasteiger partial charge in [0.05, 0.1) is 16.9 Å². The second-order valence-electron chi connectivity index (χ2n) is 7.56. The van der Waals surface area contributed by atoms with Crippen LogP contribution < -0.4 is 10.9 Å². The van der Waals surface area contributed by atoms with Gasteiger partial charge in [-0.25, -0.2) is 18.2 Å². The third-order valence-electron chi connectivity index (χ3n) is 5.68. The number of nitrogens with one attached hydrogen (secondary N) is 2. The lowest BCUT2D eigenvalue weighted by atomic mass is 9.93. The monoisotopic (exact) mass is 432 g/mol. The van der Waals surface area contributed by atoms with Gasteiger partial charge in [0.1, 0.15) is 5.82 Å². The van der Waals surface area contributed by atoms with Crippen molar-refractivity contribution < 1.29 is 17.6 Å². The van der Waals surface area contributed by atoms with Crippen LogP contribution >= 0.6 is 0 Å². The van der Waals surface area contributed by atoms with Crippen LogP contribution in [0.1, 0.15) is 18.0 Å². The lowest BCUT2D eigenvalue weighted by molar-refractivity contribution is -0.135. The van der Waals surface area contributed by atoms with Crippen molar-refractivity contribution in [2.75, 3.05) is 32.7 Å². The van der Waals surface area contributed by atoms with E-state index >= 15 is 0 Å². The van der Waals surface area contributed by atoms with E-state index in [0.29, 0.717) is 32.6 Å². The van der Waals surface area contributed by atoms with E-state index in [1.807, 2.05) is 30.3 Å². The average molecular weight is 433 g/mol. The first kappa shape index (κ1) is 20.9. The summed E-state index contributed by atoms with van der Waals surface area (Å²) in [6.45, 7) is 1.90. The zero-order valence-corrected chi connectivity index (χ0v) is 17.3. The first-order valence-corrected chi connectivity index (χ1v) is 11.5. The molecular formula is C21H25FN4O3S. The molecule has 2 unspecified atom stereocenters.